The lowest BCUT2D eigenvalue weighted by atomic mass is 10.2. The molecule has 4 nitrogen and oxygen atoms in total. The summed E-state index contributed by atoms with van der Waals surface area (Å²) >= 11 is 6.09. The van der Waals surface area contributed by atoms with Crippen molar-refractivity contribution in [2.24, 2.45) is 0 Å². The van der Waals surface area contributed by atoms with Crippen molar-refractivity contribution in [1.29, 1.82) is 0 Å². The fourth-order valence-electron chi connectivity index (χ4n) is 2.18. The number of anilines is 1. The zero-order valence-corrected chi connectivity index (χ0v) is 14.8. The maximum absolute atomic E-state index is 11.9. The van der Waals surface area contributed by atoms with E-state index in [1.807, 2.05) is 62.4 Å². The Hall–Kier alpha value is -2.04. The molecule has 0 aliphatic heterocycles. The number of ether oxygens (including phenoxy) is 1. The number of carbonyl (C=O) groups excluding carboxylic acids is 1. The van der Waals surface area contributed by atoms with E-state index in [2.05, 4.69) is 10.6 Å². The van der Waals surface area contributed by atoms with Crippen LogP contribution in [0.25, 0.3) is 0 Å². The van der Waals surface area contributed by atoms with Crippen molar-refractivity contribution in [3.63, 3.8) is 0 Å². The lowest BCUT2D eigenvalue weighted by Crippen LogP contribution is -2.21. The molecular formula is C19H23ClN2O2. The van der Waals surface area contributed by atoms with Crippen LogP contribution in [0.3, 0.4) is 0 Å². The van der Waals surface area contributed by atoms with E-state index in [0.29, 0.717) is 19.5 Å². The second-order valence-corrected chi connectivity index (χ2v) is 6.16. The summed E-state index contributed by atoms with van der Waals surface area (Å²) in [6.45, 7) is 5.19. The molecule has 0 aromatic heterocycles. The minimum atomic E-state index is -0.0285. The van der Waals surface area contributed by atoms with E-state index in [1.165, 1.54) is 0 Å². The summed E-state index contributed by atoms with van der Waals surface area (Å²) < 4.78 is 5.57. The first-order valence-electron chi connectivity index (χ1n) is 8.05. The molecule has 0 saturated carbocycles. The summed E-state index contributed by atoms with van der Waals surface area (Å²) in [4.78, 5) is 11.9. The highest BCUT2D eigenvalue weighted by Gasteiger charge is 2.04. The van der Waals surface area contributed by atoms with Crippen molar-refractivity contribution < 1.29 is 9.53 Å². The first-order chi connectivity index (χ1) is 11.5. The average molecular weight is 347 g/mol. The molecule has 2 rings (SSSR count). The van der Waals surface area contributed by atoms with Crippen LogP contribution in [0.5, 0.6) is 5.75 Å². The number of carbonyl (C=O) groups is 1. The lowest BCUT2D eigenvalue weighted by molar-refractivity contribution is -0.116. The Balaban J connectivity index is 1.70. The zero-order valence-electron chi connectivity index (χ0n) is 14.0. The molecule has 2 aromatic carbocycles. The van der Waals surface area contributed by atoms with E-state index in [0.717, 1.165) is 22.0 Å². The Morgan fingerprint density at radius 3 is 2.50 bits per heavy atom. The Labute approximate surface area is 148 Å². The number of hydrogen-bond donors (Lipinski definition) is 2. The topological polar surface area (TPSA) is 50.4 Å². The van der Waals surface area contributed by atoms with E-state index in [9.17, 15) is 4.79 Å². The van der Waals surface area contributed by atoms with Crippen LogP contribution >= 0.6 is 11.6 Å². The van der Waals surface area contributed by atoms with Gasteiger partial charge >= 0.3 is 0 Å². The number of rotatable bonds is 8. The van der Waals surface area contributed by atoms with Gasteiger partial charge in [-0.15, -0.1) is 0 Å². The molecule has 1 amide bonds. The molecule has 0 aliphatic rings. The van der Waals surface area contributed by atoms with Crippen LogP contribution in [0.15, 0.2) is 48.5 Å². The molecule has 2 N–H and O–H groups in total. The van der Waals surface area contributed by atoms with Crippen LogP contribution in [0.4, 0.5) is 5.69 Å². The van der Waals surface area contributed by atoms with Crippen molar-refractivity contribution in [3.05, 3.63) is 59.1 Å². The van der Waals surface area contributed by atoms with Gasteiger partial charge in [0.15, 0.2) is 0 Å². The van der Waals surface area contributed by atoms with Crippen LogP contribution in [0, 0.1) is 0 Å². The van der Waals surface area contributed by atoms with Crippen LogP contribution < -0.4 is 15.4 Å². The molecule has 0 fully saturated rings. The molecule has 24 heavy (non-hydrogen) atoms. The van der Waals surface area contributed by atoms with Crippen LogP contribution in [0.2, 0.25) is 5.02 Å². The minimum absolute atomic E-state index is 0.0285. The summed E-state index contributed by atoms with van der Waals surface area (Å²) in [5, 5.41) is 6.83. The largest absolute Gasteiger partial charge is 0.491 e. The number of benzene rings is 2. The highest BCUT2D eigenvalue weighted by Crippen LogP contribution is 2.17. The van der Waals surface area contributed by atoms with E-state index >= 15 is 0 Å². The maximum atomic E-state index is 11.9. The van der Waals surface area contributed by atoms with Gasteiger partial charge in [0.05, 0.1) is 6.10 Å². The molecule has 0 unspecified atom stereocenters. The van der Waals surface area contributed by atoms with Crippen molar-refractivity contribution in [1.82, 2.24) is 5.32 Å². The van der Waals surface area contributed by atoms with Gasteiger partial charge in [-0.1, -0.05) is 29.8 Å². The van der Waals surface area contributed by atoms with Crippen molar-refractivity contribution in [2.75, 3.05) is 11.9 Å². The molecular weight excluding hydrogens is 324 g/mol. The van der Waals surface area contributed by atoms with Crippen molar-refractivity contribution in [3.8, 4) is 5.75 Å². The first kappa shape index (κ1) is 18.3. The number of nitrogens with one attached hydrogen (secondary N) is 2. The van der Waals surface area contributed by atoms with Gasteiger partial charge in [-0.3, -0.25) is 4.79 Å². The standard InChI is InChI=1S/C19H23ClN2O2/c1-14(2)24-17-9-7-16(8-10-17)22-19(23)11-12-21-13-15-5-3-4-6-18(15)20/h3-10,14,21H,11-13H2,1-2H3,(H,22,23). The Morgan fingerprint density at radius 1 is 1.12 bits per heavy atom. The van der Waals surface area contributed by atoms with Crippen LogP contribution in [0.1, 0.15) is 25.8 Å². The molecule has 5 heteroatoms. The second kappa shape index (κ2) is 9.30. The Bertz CT molecular complexity index is 657. The monoisotopic (exact) mass is 346 g/mol. The molecule has 0 heterocycles. The predicted molar refractivity (Wildman–Crippen MR) is 98.6 cm³/mol. The molecule has 0 bridgehead atoms. The van der Waals surface area contributed by atoms with Gasteiger partial charge in [-0.25, -0.2) is 0 Å². The predicted octanol–water partition coefficient (Wildman–Crippen LogP) is 4.25. The SMILES string of the molecule is CC(C)Oc1ccc(NC(=O)CCNCc2ccccc2Cl)cc1. The number of halogens is 1. The van der Waals surface area contributed by atoms with E-state index in [1.54, 1.807) is 0 Å². The summed E-state index contributed by atoms with van der Waals surface area (Å²) in [5.41, 5.74) is 1.79. The van der Waals surface area contributed by atoms with E-state index < -0.39 is 0 Å². The molecule has 0 aliphatic carbocycles. The third-order valence-electron chi connectivity index (χ3n) is 3.31. The molecule has 128 valence electrons. The first-order valence-corrected chi connectivity index (χ1v) is 8.43. The Kier molecular flexibility index (Phi) is 7.09. The normalized spacial score (nSPS) is 10.7. The minimum Gasteiger partial charge on any atom is -0.491 e. The molecule has 2 aromatic rings. The second-order valence-electron chi connectivity index (χ2n) is 5.76. The maximum Gasteiger partial charge on any atom is 0.225 e. The smallest absolute Gasteiger partial charge is 0.225 e. The third kappa shape index (κ3) is 6.22. The third-order valence-corrected chi connectivity index (χ3v) is 3.68. The number of hydrogen-bond acceptors (Lipinski definition) is 3. The quantitative estimate of drug-likeness (QED) is 0.703. The summed E-state index contributed by atoms with van der Waals surface area (Å²) in [5.74, 6) is 0.767. The van der Waals surface area contributed by atoms with Gasteiger partial charge in [0.25, 0.3) is 0 Å². The van der Waals surface area contributed by atoms with Crippen molar-refractivity contribution >= 4 is 23.2 Å². The van der Waals surface area contributed by atoms with E-state index in [4.69, 9.17) is 16.3 Å². The van der Waals surface area contributed by atoms with Crippen LogP contribution in [-0.4, -0.2) is 18.6 Å². The highest BCUT2D eigenvalue weighted by atomic mass is 35.5. The van der Waals surface area contributed by atoms with Gasteiger partial charge in [-0.2, -0.15) is 0 Å². The summed E-state index contributed by atoms with van der Waals surface area (Å²) in [6.07, 6.45) is 0.531. The average Bonchev–Trinajstić information content (AvgIpc) is 2.54. The zero-order chi connectivity index (χ0) is 17.4. The molecule has 0 saturated heterocycles. The van der Waals surface area contributed by atoms with Crippen LogP contribution in [-0.2, 0) is 11.3 Å². The molecule has 0 atom stereocenters. The van der Waals surface area contributed by atoms with Gasteiger partial charge in [0.1, 0.15) is 5.75 Å². The number of amides is 1. The molecule has 0 spiro atoms. The lowest BCUT2D eigenvalue weighted by Gasteiger charge is -2.11. The van der Waals surface area contributed by atoms with E-state index in [-0.39, 0.29) is 12.0 Å². The fraction of sp³-hybridized carbons (Fsp3) is 0.316. The van der Waals surface area contributed by atoms with Gasteiger partial charge in [0.2, 0.25) is 5.91 Å². The fourth-order valence-corrected chi connectivity index (χ4v) is 2.38. The highest BCUT2D eigenvalue weighted by molar-refractivity contribution is 6.31. The summed E-state index contributed by atoms with van der Waals surface area (Å²) in [6, 6.07) is 15.1. The summed E-state index contributed by atoms with van der Waals surface area (Å²) in [7, 11) is 0. The Morgan fingerprint density at radius 2 is 1.83 bits per heavy atom. The van der Waals surface area contributed by atoms with Gasteiger partial charge in [0, 0.05) is 30.2 Å². The molecule has 0 radical (unpaired) electrons. The van der Waals surface area contributed by atoms with Gasteiger partial charge < -0.3 is 15.4 Å². The van der Waals surface area contributed by atoms with Crippen molar-refractivity contribution in [2.45, 2.75) is 32.9 Å². The van der Waals surface area contributed by atoms with Gasteiger partial charge in [-0.05, 0) is 49.7 Å².